The van der Waals surface area contributed by atoms with Crippen LogP contribution >= 0.6 is 11.3 Å². The molecule has 1 aliphatic rings. The lowest BCUT2D eigenvalue weighted by Crippen LogP contribution is -2.13. The Morgan fingerprint density at radius 3 is 3.09 bits per heavy atom. The first-order valence-corrected chi connectivity index (χ1v) is 4.54. The van der Waals surface area contributed by atoms with Crippen LogP contribution in [0, 0.1) is 0 Å². The van der Waals surface area contributed by atoms with Gasteiger partial charge in [-0.1, -0.05) is 6.07 Å². The van der Waals surface area contributed by atoms with E-state index < -0.39 is 0 Å². The summed E-state index contributed by atoms with van der Waals surface area (Å²) in [5.41, 5.74) is 0. The topological polar surface area (TPSA) is 29.1 Å². The number of amides is 1. The van der Waals surface area contributed by atoms with Crippen molar-refractivity contribution in [2.75, 3.05) is 6.54 Å². The standard InChI is InChI=1S/C8H9NOS/c10-8-4-6(5-9-8)7-2-1-3-11-7/h1-3,6H,4-5H2,(H,9,10)/t6-/m0/s1. The second kappa shape index (κ2) is 2.66. The Labute approximate surface area is 69.2 Å². The Bertz CT molecular complexity index is 255. The van der Waals surface area contributed by atoms with E-state index in [1.165, 1.54) is 4.88 Å². The predicted octanol–water partition coefficient (Wildman–Crippen LogP) is 1.35. The molecule has 1 aliphatic heterocycles. The third kappa shape index (κ3) is 1.28. The van der Waals surface area contributed by atoms with Crippen LogP contribution in [0.2, 0.25) is 0 Å². The van der Waals surface area contributed by atoms with Gasteiger partial charge in [0, 0.05) is 23.8 Å². The van der Waals surface area contributed by atoms with Gasteiger partial charge in [0.15, 0.2) is 0 Å². The van der Waals surface area contributed by atoms with Gasteiger partial charge in [0.05, 0.1) is 0 Å². The lowest BCUT2D eigenvalue weighted by atomic mass is 10.1. The highest BCUT2D eigenvalue weighted by Gasteiger charge is 2.23. The molecular weight excluding hydrogens is 158 g/mol. The molecule has 0 aromatic carbocycles. The molecule has 0 bridgehead atoms. The summed E-state index contributed by atoms with van der Waals surface area (Å²) in [6, 6.07) is 4.12. The van der Waals surface area contributed by atoms with Crippen LogP contribution in [0.5, 0.6) is 0 Å². The Morgan fingerprint density at radius 2 is 2.55 bits per heavy atom. The summed E-state index contributed by atoms with van der Waals surface area (Å²) in [6.45, 7) is 0.819. The van der Waals surface area contributed by atoms with Crippen LogP contribution in [0.3, 0.4) is 0 Å². The molecule has 1 saturated heterocycles. The maximum absolute atomic E-state index is 10.8. The Hall–Kier alpha value is -0.830. The van der Waals surface area contributed by atoms with Crippen LogP contribution in [-0.2, 0) is 4.79 Å². The van der Waals surface area contributed by atoms with Crippen molar-refractivity contribution in [3.8, 4) is 0 Å². The van der Waals surface area contributed by atoms with Crippen molar-refractivity contribution in [2.24, 2.45) is 0 Å². The van der Waals surface area contributed by atoms with E-state index in [1.54, 1.807) is 11.3 Å². The van der Waals surface area contributed by atoms with Gasteiger partial charge in [0.2, 0.25) is 5.91 Å². The zero-order chi connectivity index (χ0) is 7.68. The predicted molar refractivity (Wildman–Crippen MR) is 44.7 cm³/mol. The van der Waals surface area contributed by atoms with E-state index in [9.17, 15) is 4.79 Å². The van der Waals surface area contributed by atoms with Crippen LogP contribution in [-0.4, -0.2) is 12.5 Å². The number of nitrogens with one attached hydrogen (secondary N) is 1. The zero-order valence-corrected chi connectivity index (χ0v) is 6.86. The van der Waals surface area contributed by atoms with E-state index in [0.717, 1.165) is 6.54 Å². The first kappa shape index (κ1) is 6.85. The van der Waals surface area contributed by atoms with Crippen molar-refractivity contribution in [2.45, 2.75) is 12.3 Å². The molecule has 0 radical (unpaired) electrons. The van der Waals surface area contributed by atoms with Gasteiger partial charge in [0.25, 0.3) is 0 Å². The molecule has 1 amide bonds. The Balaban J connectivity index is 2.13. The van der Waals surface area contributed by atoms with Crippen molar-refractivity contribution in [1.82, 2.24) is 5.32 Å². The van der Waals surface area contributed by atoms with E-state index in [0.29, 0.717) is 12.3 Å². The molecule has 1 aromatic heterocycles. The number of rotatable bonds is 1. The maximum atomic E-state index is 10.8. The van der Waals surface area contributed by atoms with E-state index in [1.807, 2.05) is 6.07 Å². The lowest BCUT2D eigenvalue weighted by molar-refractivity contribution is -0.119. The van der Waals surface area contributed by atoms with Crippen LogP contribution in [0.1, 0.15) is 17.2 Å². The average molecular weight is 167 g/mol. The summed E-state index contributed by atoms with van der Waals surface area (Å²) in [5.74, 6) is 0.617. The zero-order valence-electron chi connectivity index (χ0n) is 6.04. The molecule has 0 spiro atoms. The second-order valence-corrected chi connectivity index (χ2v) is 3.70. The van der Waals surface area contributed by atoms with E-state index in [4.69, 9.17) is 0 Å². The molecule has 2 heterocycles. The fraction of sp³-hybridized carbons (Fsp3) is 0.375. The van der Waals surface area contributed by atoms with Crippen molar-refractivity contribution >= 4 is 17.2 Å². The molecule has 0 saturated carbocycles. The molecule has 2 nitrogen and oxygen atoms in total. The van der Waals surface area contributed by atoms with Crippen molar-refractivity contribution in [3.05, 3.63) is 22.4 Å². The average Bonchev–Trinajstić information content (AvgIpc) is 2.55. The SMILES string of the molecule is O=C1C[C@H](c2cccs2)CN1. The molecule has 2 rings (SSSR count). The van der Waals surface area contributed by atoms with Gasteiger partial charge < -0.3 is 5.32 Å². The minimum atomic E-state index is 0.184. The summed E-state index contributed by atoms with van der Waals surface area (Å²) >= 11 is 1.73. The molecule has 0 aliphatic carbocycles. The minimum absolute atomic E-state index is 0.184. The van der Waals surface area contributed by atoms with Gasteiger partial charge in [-0.2, -0.15) is 0 Å². The largest absolute Gasteiger partial charge is 0.355 e. The first-order chi connectivity index (χ1) is 5.36. The lowest BCUT2D eigenvalue weighted by Gasteiger charge is -2.00. The highest BCUT2D eigenvalue weighted by molar-refractivity contribution is 7.10. The van der Waals surface area contributed by atoms with Crippen LogP contribution in [0.25, 0.3) is 0 Å². The maximum Gasteiger partial charge on any atom is 0.220 e. The van der Waals surface area contributed by atoms with Crippen LogP contribution in [0.15, 0.2) is 17.5 Å². The molecule has 1 fully saturated rings. The fourth-order valence-corrected chi connectivity index (χ4v) is 2.16. The van der Waals surface area contributed by atoms with Gasteiger partial charge in [0.1, 0.15) is 0 Å². The molecule has 3 heteroatoms. The Kier molecular flexibility index (Phi) is 1.66. The molecule has 58 valence electrons. The van der Waals surface area contributed by atoms with E-state index in [2.05, 4.69) is 16.8 Å². The van der Waals surface area contributed by atoms with Gasteiger partial charge in [-0.15, -0.1) is 11.3 Å². The van der Waals surface area contributed by atoms with Crippen LogP contribution in [0.4, 0.5) is 0 Å². The quantitative estimate of drug-likeness (QED) is 0.672. The molecule has 1 aromatic rings. The summed E-state index contributed by atoms with van der Waals surface area (Å²) in [7, 11) is 0. The third-order valence-electron chi connectivity index (χ3n) is 1.92. The Morgan fingerprint density at radius 1 is 1.64 bits per heavy atom. The summed E-state index contributed by atoms with van der Waals surface area (Å²) in [5, 5.41) is 4.88. The third-order valence-corrected chi connectivity index (χ3v) is 2.96. The molecule has 0 unspecified atom stereocenters. The summed E-state index contributed by atoms with van der Waals surface area (Å²) < 4.78 is 0. The fourth-order valence-electron chi connectivity index (χ4n) is 1.33. The number of hydrogen-bond donors (Lipinski definition) is 1. The number of carbonyl (C=O) groups is 1. The van der Waals surface area contributed by atoms with Crippen molar-refractivity contribution in [3.63, 3.8) is 0 Å². The molecule has 1 atom stereocenters. The normalized spacial score (nSPS) is 23.6. The van der Waals surface area contributed by atoms with Gasteiger partial charge in [-0.25, -0.2) is 0 Å². The number of thiophene rings is 1. The molecule has 1 N–H and O–H groups in total. The summed E-state index contributed by atoms with van der Waals surface area (Å²) in [4.78, 5) is 12.2. The van der Waals surface area contributed by atoms with Gasteiger partial charge >= 0.3 is 0 Å². The van der Waals surface area contributed by atoms with E-state index in [-0.39, 0.29) is 5.91 Å². The molecular formula is C8H9NOS. The molecule has 11 heavy (non-hydrogen) atoms. The smallest absolute Gasteiger partial charge is 0.220 e. The van der Waals surface area contributed by atoms with Crippen molar-refractivity contribution < 1.29 is 4.79 Å². The first-order valence-electron chi connectivity index (χ1n) is 3.66. The van der Waals surface area contributed by atoms with Crippen LogP contribution < -0.4 is 5.32 Å². The monoisotopic (exact) mass is 167 g/mol. The van der Waals surface area contributed by atoms with Crippen molar-refractivity contribution in [1.29, 1.82) is 0 Å². The van der Waals surface area contributed by atoms with E-state index >= 15 is 0 Å². The second-order valence-electron chi connectivity index (χ2n) is 2.72. The highest BCUT2D eigenvalue weighted by Crippen LogP contribution is 2.26. The van der Waals surface area contributed by atoms with Gasteiger partial charge in [-0.05, 0) is 11.4 Å². The highest BCUT2D eigenvalue weighted by atomic mass is 32.1. The number of hydrogen-bond acceptors (Lipinski definition) is 2. The minimum Gasteiger partial charge on any atom is -0.355 e. The summed E-state index contributed by atoms with van der Waals surface area (Å²) in [6.07, 6.45) is 0.667. The number of carbonyl (C=O) groups excluding carboxylic acids is 1. The van der Waals surface area contributed by atoms with Gasteiger partial charge in [-0.3, -0.25) is 4.79 Å².